The van der Waals surface area contributed by atoms with Crippen molar-refractivity contribution in [3.8, 4) is 0 Å². The first-order valence-electron chi connectivity index (χ1n) is 6.06. The second kappa shape index (κ2) is 6.13. The van der Waals surface area contributed by atoms with E-state index in [1.165, 1.54) is 6.26 Å². The first-order valence-corrected chi connectivity index (χ1v) is 7.91. The molecule has 1 saturated heterocycles. The molecule has 17 heavy (non-hydrogen) atoms. The molecule has 0 bridgehead atoms. The maximum atomic E-state index is 11.5. The highest BCUT2D eigenvalue weighted by Gasteiger charge is 2.32. The molecule has 1 aliphatic heterocycles. The topological polar surface area (TPSA) is 49.9 Å². The van der Waals surface area contributed by atoms with Crippen molar-refractivity contribution in [2.45, 2.75) is 32.4 Å². The summed E-state index contributed by atoms with van der Waals surface area (Å²) in [6.07, 6.45) is 2.27. The fourth-order valence-corrected chi connectivity index (χ4v) is 3.38. The van der Waals surface area contributed by atoms with Crippen LogP contribution in [0.3, 0.4) is 0 Å². The fraction of sp³-hybridized carbons (Fsp3) is 1.00. The first kappa shape index (κ1) is 14.9. The minimum absolute atomic E-state index is 0.269. The van der Waals surface area contributed by atoms with E-state index in [1.54, 1.807) is 11.4 Å². The van der Waals surface area contributed by atoms with Crippen LogP contribution in [-0.2, 0) is 14.8 Å². The van der Waals surface area contributed by atoms with Gasteiger partial charge in [-0.15, -0.1) is 0 Å². The quantitative estimate of drug-likeness (QED) is 0.674. The molecular formula is C11H24N2O3S. The van der Waals surface area contributed by atoms with E-state index in [1.807, 2.05) is 0 Å². The summed E-state index contributed by atoms with van der Waals surface area (Å²) >= 11 is 0. The van der Waals surface area contributed by atoms with Crippen LogP contribution >= 0.6 is 0 Å². The lowest BCUT2D eigenvalue weighted by molar-refractivity contribution is 0.0668. The lowest BCUT2D eigenvalue weighted by atomic mass is 10.1. The standard InChI is InChI=1S/C11H24N2O3S/c1-10-8-12(17(4,14)15)9-11(2)13(10)6-5-7-16-3/h10-11H,5-9H2,1-4H3. The van der Waals surface area contributed by atoms with Crippen molar-refractivity contribution in [3.05, 3.63) is 0 Å². The number of rotatable bonds is 5. The lowest BCUT2D eigenvalue weighted by Crippen LogP contribution is -2.57. The molecule has 0 aromatic heterocycles. The van der Waals surface area contributed by atoms with Gasteiger partial charge in [0.15, 0.2) is 0 Å². The van der Waals surface area contributed by atoms with Crippen LogP contribution < -0.4 is 0 Å². The number of hydrogen-bond donors (Lipinski definition) is 0. The van der Waals surface area contributed by atoms with Gasteiger partial charge in [-0.25, -0.2) is 8.42 Å². The van der Waals surface area contributed by atoms with Gasteiger partial charge in [0.2, 0.25) is 10.0 Å². The molecule has 5 nitrogen and oxygen atoms in total. The Balaban J connectivity index is 2.56. The Bertz CT molecular complexity index is 320. The third-order valence-electron chi connectivity index (χ3n) is 3.30. The number of nitrogens with zero attached hydrogens (tertiary/aromatic N) is 2. The molecule has 0 aromatic carbocycles. The van der Waals surface area contributed by atoms with Gasteiger partial charge in [0.25, 0.3) is 0 Å². The van der Waals surface area contributed by atoms with E-state index in [0.717, 1.165) is 19.6 Å². The van der Waals surface area contributed by atoms with Crippen LogP contribution in [0.5, 0.6) is 0 Å². The normalized spacial score (nSPS) is 28.5. The highest BCUT2D eigenvalue weighted by molar-refractivity contribution is 7.88. The van der Waals surface area contributed by atoms with E-state index in [-0.39, 0.29) is 12.1 Å². The van der Waals surface area contributed by atoms with Gasteiger partial charge in [-0.1, -0.05) is 0 Å². The van der Waals surface area contributed by atoms with Crippen molar-refractivity contribution < 1.29 is 13.2 Å². The highest BCUT2D eigenvalue weighted by atomic mass is 32.2. The summed E-state index contributed by atoms with van der Waals surface area (Å²) in [5.41, 5.74) is 0. The zero-order valence-electron chi connectivity index (χ0n) is 11.2. The number of hydrogen-bond acceptors (Lipinski definition) is 4. The van der Waals surface area contributed by atoms with Crippen LogP contribution in [0.25, 0.3) is 0 Å². The number of methoxy groups -OCH3 is 1. The van der Waals surface area contributed by atoms with Crippen LogP contribution in [0.4, 0.5) is 0 Å². The molecule has 0 spiro atoms. The average Bonchev–Trinajstić information content (AvgIpc) is 2.20. The molecular weight excluding hydrogens is 240 g/mol. The van der Waals surface area contributed by atoms with Crippen molar-refractivity contribution in [2.24, 2.45) is 0 Å². The summed E-state index contributed by atoms with van der Waals surface area (Å²) in [5.74, 6) is 0. The maximum Gasteiger partial charge on any atom is 0.211 e. The average molecular weight is 264 g/mol. The summed E-state index contributed by atoms with van der Waals surface area (Å²) in [6, 6.07) is 0.538. The molecule has 6 heteroatoms. The predicted octanol–water partition coefficient (Wildman–Crippen LogP) is 0.377. The van der Waals surface area contributed by atoms with Crippen molar-refractivity contribution in [2.75, 3.05) is 39.6 Å². The van der Waals surface area contributed by atoms with Gasteiger partial charge in [0, 0.05) is 45.4 Å². The number of piperazine rings is 1. The SMILES string of the molecule is COCCCN1C(C)CN(S(C)(=O)=O)CC1C. The summed E-state index contributed by atoms with van der Waals surface area (Å²) in [7, 11) is -1.36. The van der Waals surface area contributed by atoms with Crippen molar-refractivity contribution in [3.63, 3.8) is 0 Å². The fourth-order valence-electron chi connectivity index (χ4n) is 2.41. The van der Waals surface area contributed by atoms with Crippen LogP contribution in [0.1, 0.15) is 20.3 Å². The van der Waals surface area contributed by atoms with E-state index in [2.05, 4.69) is 18.7 Å². The van der Waals surface area contributed by atoms with Crippen molar-refractivity contribution in [1.29, 1.82) is 0 Å². The zero-order valence-corrected chi connectivity index (χ0v) is 12.0. The third kappa shape index (κ3) is 4.21. The molecule has 0 aliphatic carbocycles. The van der Waals surface area contributed by atoms with Gasteiger partial charge >= 0.3 is 0 Å². The Hall–Kier alpha value is -0.170. The van der Waals surface area contributed by atoms with Crippen LogP contribution in [-0.4, -0.2) is 69.3 Å². The number of sulfonamides is 1. The molecule has 0 aromatic rings. The minimum Gasteiger partial charge on any atom is -0.385 e. The first-order chi connectivity index (χ1) is 7.86. The molecule has 102 valence electrons. The summed E-state index contributed by atoms with van der Waals surface area (Å²) in [4.78, 5) is 2.36. The molecule has 1 fully saturated rings. The van der Waals surface area contributed by atoms with E-state index in [9.17, 15) is 8.42 Å². The predicted molar refractivity (Wildman–Crippen MR) is 68.5 cm³/mol. The van der Waals surface area contributed by atoms with Gasteiger partial charge in [-0.05, 0) is 20.3 Å². The molecule has 2 unspecified atom stereocenters. The maximum absolute atomic E-state index is 11.5. The molecule has 0 radical (unpaired) electrons. The highest BCUT2D eigenvalue weighted by Crippen LogP contribution is 2.17. The smallest absolute Gasteiger partial charge is 0.211 e. The second-order valence-electron chi connectivity index (χ2n) is 4.86. The Morgan fingerprint density at radius 2 is 1.76 bits per heavy atom. The van der Waals surface area contributed by atoms with E-state index in [0.29, 0.717) is 13.1 Å². The molecule has 0 N–H and O–H groups in total. The van der Waals surface area contributed by atoms with E-state index in [4.69, 9.17) is 4.74 Å². The van der Waals surface area contributed by atoms with Gasteiger partial charge in [0.05, 0.1) is 6.26 Å². The molecule has 0 amide bonds. The Morgan fingerprint density at radius 1 is 1.24 bits per heavy atom. The third-order valence-corrected chi connectivity index (χ3v) is 4.54. The van der Waals surface area contributed by atoms with Gasteiger partial charge in [-0.2, -0.15) is 4.31 Å². The van der Waals surface area contributed by atoms with Crippen LogP contribution in [0, 0.1) is 0 Å². The van der Waals surface area contributed by atoms with Crippen LogP contribution in [0.15, 0.2) is 0 Å². The summed E-state index contributed by atoms with van der Waals surface area (Å²) in [5, 5.41) is 0. The minimum atomic E-state index is -3.06. The Kier molecular flexibility index (Phi) is 5.37. The van der Waals surface area contributed by atoms with Gasteiger partial charge in [0.1, 0.15) is 0 Å². The molecule has 0 saturated carbocycles. The van der Waals surface area contributed by atoms with Gasteiger partial charge in [-0.3, -0.25) is 4.90 Å². The van der Waals surface area contributed by atoms with Crippen molar-refractivity contribution in [1.82, 2.24) is 9.21 Å². The molecule has 2 atom stereocenters. The van der Waals surface area contributed by atoms with Crippen molar-refractivity contribution >= 4 is 10.0 Å². The lowest BCUT2D eigenvalue weighted by Gasteiger charge is -2.43. The number of ether oxygens (including phenoxy) is 1. The molecule has 1 rings (SSSR count). The largest absolute Gasteiger partial charge is 0.385 e. The van der Waals surface area contributed by atoms with E-state index >= 15 is 0 Å². The summed E-state index contributed by atoms with van der Waals surface area (Å²) < 4.78 is 29.7. The monoisotopic (exact) mass is 264 g/mol. The van der Waals surface area contributed by atoms with Gasteiger partial charge < -0.3 is 4.74 Å². The van der Waals surface area contributed by atoms with Crippen LogP contribution in [0.2, 0.25) is 0 Å². The Labute approximate surface area is 105 Å². The Morgan fingerprint density at radius 3 is 2.18 bits per heavy atom. The summed E-state index contributed by atoms with van der Waals surface area (Å²) in [6.45, 7) is 7.08. The molecule has 1 heterocycles. The zero-order chi connectivity index (χ0) is 13.1. The van der Waals surface area contributed by atoms with E-state index < -0.39 is 10.0 Å². The second-order valence-corrected chi connectivity index (χ2v) is 6.84. The molecule has 1 aliphatic rings.